The third-order valence-corrected chi connectivity index (χ3v) is 0.600. The quantitative estimate of drug-likeness (QED) is 0.516. The number of hydrogen-bond acceptors (Lipinski definition) is 5. The summed E-state index contributed by atoms with van der Waals surface area (Å²) in [5.41, 5.74) is 0. The molecule has 0 saturated carbocycles. The normalized spacial score (nSPS) is 6.93. The molecule has 14 heavy (non-hydrogen) atoms. The van der Waals surface area contributed by atoms with Gasteiger partial charge < -0.3 is 20.0 Å². The zero-order valence-corrected chi connectivity index (χ0v) is 8.09. The third-order valence-electron chi connectivity index (χ3n) is 0.600. The molecular weight excluding hydrogens is 233 g/mol. The molecule has 1 rings (SSSR count). The maximum atomic E-state index is 8.67. The Morgan fingerprint density at radius 3 is 2.07 bits per heavy atom. The monoisotopic (exact) mass is 239 g/mol. The van der Waals surface area contributed by atoms with Crippen molar-refractivity contribution in [3.8, 4) is 5.75 Å². The van der Waals surface area contributed by atoms with E-state index in [0.29, 0.717) is 6.47 Å². The van der Waals surface area contributed by atoms with Gasteiger partial charge in [0.15, 0.2) is 0 Å². The van der Waals surface area contributed by atoms with Gasteiger partial charge in [-0.05, 0) is 6.20 Å². The van der Waals surface area contributed by atoms with Gasteiger partial charge in [0.1, 0.15) is 0 Å². The molecule has 0 fully saturated rings. The average Bonchev–Trinajstić information content (AvgIpc) is 2.05. The summed E-state index contributed by atoms with van der Waals surface area (Å²) in [6, 6.07) is 3.07. The molecule has 0 spiro atoms. The van der Waals surface area contributed by atoms with E-state index in [1.165, 1.54) is 12.3 Å². The van der Waals surface area contributed by atoms with Gasteiger partial charge in [-0.15, -0.1) is 6.07 Å². The summed E-state index contributed by atoms with van der Waals surface area (Å²) in [5.74, 6) is 0.179. The predicted molar refractivity (Wildman–Crippen MR) is 36.7 cm³/mol. The number of aliphatic hydroxyl groups excluding tert-OH is 1. The van der Waals surface area contributed by atoms with Crippen LogP contribution in [0.1, 0.15) is 0 Å². The number of aromatic hydroxyl groups is 1. The molecule has 0 aliphatic heterocycles. The fraction of sp³-hybridized carbons (Fsp3) is 0. The Morgan fingerprint density at radius 1 is 1.50 bits per heavy atom. The number of hydrogen-bond donors (Lipinski definition) is 3. The molecule has 1 aromatic rings. The molecule has 0 amide bonds. The maximum absolute atomic E-state index is 8.67. The van der Waals surface area contributed by atoms with E-state index in [2.05, 4.69) is 11.2 Å². The number of nitrogens with zero attached hydrogens (tertiary/aromatic N) is 1. The molecule has 0 atom stereocenters. The standard InChI is InChI=1S/C5H4NO.CHO2.H2O.2O.V/c7-5-2-1-3-6-4-5;2-1-3;;;;/h1-2,4,7H;(H,2,3);1H2;;;/q2*-1;;;;+1/p-1. The summed E-state index contributed by atoms with van der Waals surface area (Å²) >= 11 is -3.69. The van der Waals surface area contributed by atoms with Gasteiger partial charge >= 0.3 is 26.8 Å². The van der Waals surface area contributed by atoms with Crippen LogP contribution in [0.4, 0.5) is 0 Å². The van der Waals surface area contributed by atoms with Gasteiger partial charge in [0.25, 0.3) is 0 Å². The van der Waals surface area contributed by atoms with Crippen LogP contribution in [-0.4, -0.2) is 25.7 Å². The van der Waals surface area contributed by atoms with Crippen LogP contribution in [0.15, 0.2) is 18.3 Å². The summed E-state index contributed by atoms with van der Waals surface area (Å²) in [6.45, 7) is 0.500. The van der Waals surface area contributed by atoms with Crippen LogP contribution in [0.3, 0.4) is 0 Å². The second-order valence-electron chi connectivity index (χ2n) is 1.47. The van der Waals surface area contributed by atoms with Crippen LogP contribution in [0.2, 0.25) is 0 Å². The molecule has 0 radical (unpaired) electrons. The van der Waals surface area contributed by atoms with Crippen molar-refractivity contribution in [2.45, 2.75) is 0 Å². The van der Waals surface area contributed by atoms with Crippen molar-refractivity contribution in [2.24, 2.45) is 0 Å². The topological polar surface area (TPSA) is 125 Å². The first kappa shape index (κ1) is 15.1. The Bertz CT molecular complexity index is 290. The van der Waals surface area contributed by atoms with Gasteiger partial charge in [-0.2, -0.15) is 6.07 Å². The summed E-state index contributed by atoms with van der Waals surface area (Å²) in [4.78, 5) is 11.7. The molecule has 7 nitrogen and oxygen atoms in total. The first-order valence-electron chi connectivity index (χ1n) is 2.90. The van der Waals surface area contributed by atoms with Gasteiger partial charge in [-0.25, -0.2) is 0 Å². The first-order valence-corrected chi connectivity index (χ1v) is 4.66. The van der Waals surface area contributed by atoms with Crippen molar-refractivity contribution in [2.75, 3.05) is 0 Å². The van der Waals surface area contributed by atoms with Crippen molar-refractivity contribution in [3.63, 3.8) is 0 Å². The SMILES string of the molecule is O=[C-]O.Oc1cc[c-]nc1.[O]=[V](=[O])[OH]. The van der Waals surface area contributed by atoms with Crippen LogP contribution in [-0.2, 0) is 27.5 Å². The Labute approximate surface area is 84.0 Å². The zero-order chi connectivity index (χ0) is 11.4. The van der Waals surface area contributed by atoms with Gasteiger partial charge in [-0.1, -0.05) is 12.7 Å². The molecule has 78 valence electrons. The van der Waals surface area contributed by atoms with E-state index in [0.717, 1.165) is 0 Å². The Hall–Kier alpha value is -1.44. The van der Waals surface area contributed by atoms with Crippen molar-refractivity contribution in [1.29, 1.82) is 0 Å². The molecule has 0 aromatic carbocycles. The van der Waals surface area contributed by atoms with Crippen molar-refractivity contribution < 1.29 is 41.8 Å². The number of aromatic nitrogens is 1. The second-order valence-corrected chi connectivity index (χ2v) is 2.22. The van der Waals surface area contributed by atoms with Crippen LogP contribution in [0, 0.1) is 6.20 Å². The zero-order valence-electron chi connectivity index (χ0n) is 6.69. The number of rotatable bonds is 0. The van der Waals surface area contributed by atoms with Gasteiger partial charge in [0.2, 0.25) is 0 Å². The van der Waals surface area contributed by atoms with E-state index in [1.54, 1.807) is 6.07 Å². The molecule has 0 aliphatic rings. The minimum atomic E-state index is -3.69. The van der Waals surface area contributed by atoms with Crippen molar-refractivity contribution >= 4 is 6.47 Å². The first-order chi connectivity index (χ1) is 6.54. The van der Waals surface area contributed by atoms with E-state index in [4.69, 9.17) is 26.4 Å². The predicted octanol–water partition coefficient (Wildman–Crippen LogP) is -0.598. The van der Waals surface area contributed by atoms with E-state index in [1.807, 2.05) is 0 Å². The van der Waals surface area contributed by atoms with Crippen LogP contribution >= 0.6 is 0 Å². The minimum absolute atomic E-state index is 0.179. The summed E-state index contributed by atoms with van der Waals surface area (Å²) in [7, 11) is 0. The van der Waals surface area contributed by atoms with E-state index >= 15 is 0 Å². The fourth-order valence-electron chi connectivity index (χ4n) is 0.312. The van der Waals surface area contributed by atoms with Crippen LogP contribution in [0.5, 0.6) is 5.75 Å². The Morgan fingerprint density at radius 2 is 1.93 bits per heavy atom. The van der Waals surface area contributed by atoms with Crippen LogP contribution in [0.25, 0.3) is 0 Å². The second kappa shape index (κ2) is 11.6. The molecule has 0 aliphatic carbocycles. The molecule has 8 heteroatoms. The Kier molecular flexibility index (Phi) is 12.4. The van der Waals surface area contributed by atoms with Gasteiger partial charge in [-0.3, -0.25) is 0 Å². The van der Waals surface area contributed by atoms with Crippen molar-refractivity contribution in [1.82, 2.24) is 4.98 Å². The van der Waals surface area contributed by atoms with Crippen molar-refractivity contribution in [3.05, 3.63) is 24.5 Å². The molecule has 0 unspecified atom stereocenters. The summed E-state index contributed by atoms with van der Waals surface area (Å²) in [5, 5.41) is 15.3. The molecular formula is C6H6NO6V-2. The third kappa shape index (κ3) is 22.4. The van der Waals surface area contributed by atoms with E-state index in [-0.39, 0.29) is 5.75 Å². The molecule has 1 heterocycles. The Balaban J connectivity index is 0. The summed E-state index contributed by atoms with van der Waals surface area (Å²) < 4.78 is 24.4. The van der Waals surface area contributed by atoms with E-state index < -0.39 is 15.4 Å². The fourth-order valence-corrected chi connectivity index (χ4v) is 0.312. The van der Waals surface area contributed by atoms with E-state index in [9.17, 15) is 0 Å². The molecule has 1 aromatic heterocycles. The number of pyridine rings is 1. The average molecular weight is 239 g/mol. The van der Waals surface area contributed by atoms with Gasteiger partial charge in [0.05, 0.1) is 0 Å². The summed E-state index contributed by atoms with van der Waals surface area (Å²) in [6.07, 6.45) is 3.86. The molecule has 0 saturated heterocycles. The molecule has 0 bridgehead atoms. The molecule has 3 N–H and O–H groups in total. The van der Waals surface area contributed by atoms with Gasteiger partial charge in [0, 0.05) is 5.75 Å². The van der Waals surface area contributed by atoms with Crippen LogP contribution < -0.4 is 0 Å².